The molecule has 0 saturated carbocycles. The van der Waals surface area contributed by atoms with Crippen molar-refractivity contribution in [1.82, 2.24) is 9.47 Å². The van der Waals surface area contributed by atoms with Crippen molar-refractivity contribution >= 4 is 57.3 Å². The van der Waals surface area contributed by atoms with Gasteiger partial charge in [-0.25, -0.2) is 4.99 Å². The van der Waals surface area contributed by atoms with E-state index < -0.39 is 6.04 Å². The molecule has 1 aromatic heterocycles. The first-order valence-electron chi connectivity index (χ1n) is 15.3. The van der Waals surface area contributed by atoms with Gasteiger partial charge in [0.25, 0.3) is 11.5 Å². The van der Waals surface area contributed by atoms with Crippen LogP contribution in [0.25, 0.3) is 16.8 Å². The molecule has 0 bridgehead atoms. The third-order valence-electron chi connectivity index (χ3n) is 8.27. The summed E-state index contributed by atoms with van der Waals surface area (Å²) in [6.07, 6.45) is 1.77. The summed E-state index contributed by atoms with van der Waals surface area (Å²) >= 11 is 13.9. The van der Waals surface area contributed by atoms with Gasteiger partial charge in [-0.15, -0.1) is 0 Å². The second-order valence-electron chi connectivity index (χ2n) is 11.1. The molecule has 4 aromatic carbocycles. The Balaban J connectivity index is 1.56. The Labute approximate surface area is 286 Å². The van der Waals surface area contributed by atoms with Crippen molar-refractivity contribution in [3.05, 3.63) is 137 Å². The number of thiazole rings is 1. The first-order chi connectivity index (χ1) is 22.7. The van der Waals surface area contributed by atoms with Crippen molar-refractivity contribution in [3.8, 4) is 11.5 Å². The molecule has 2 heterocycles. The number of hydrogen-bond acceptors (Lipinski definition) is 6. The van der Waals surface area contributed by atoms with Gasteiger partial charge in [0.15, 0.2) is 4.80 Å². The standard InChI is InChI=1S/C37H33Cl2N3O4S/c1-5-41(6-2)36(44)32-22(3)40-37-42(34(32)33-28-13-8-7-11-24(28)14-16-30(33)45-4)35(43)31(47-37)20-25-19-27(39)15-17-29(25)46-21-23-10-9-12-26(38)18-23/h7-20,34H,5-6,21H2,1-4H3/b31-20+/t34-/m1/s1. The second-order valence-corrected chi connectivity index (χ2v) is 12.9. The van der Waals surface area contributed by atoms with Gasteiger partial charge in [0.05, 0.1) is 22.9 Å². The highest BCUT2D eigenvalue weighted by atomic mass is 35.5. The van der Waals surface area contributed by atoms with Gasteiger partial charge in [-0.1, -0.05) is 77.0 Å². The largest absolute Gasteiger partial charge is 0.496 e. The minimum Gasteiger partial charge on any atom is -0.496 e. The predicted octanol–water partition coefficient (Wildman–Crippen LogP) is 7.15. The average molecular weight is 687 g/mol. The van der Waals surface area contributed by atoms with Gasteiger partial charge in [0.2, 0.25) is 0 Å². The van der Waals surface area contributed by atoms with Gasteiger partial charge in [-0.3, -0.25) is 14.2 Å². The number of halogens is 2. The molecule has 0 radical (unpaired) electrons. The Morgan fingerprint density at radius 3 is 2.47 bits per heavy atom. The number of allylic oxidation sites excluding steroid dienone is 1. The summed E-state index contributed by atoms with van der Waals surface area (Å²) in [5, 5.41) is 2.98. The average Bonchev–Trinajstić information content (AvgIpc) is 3.37. The highest BCUT2D eigenvalue weighted by molar-refractivity contribution is 7.07. The van der Waals surface area contributed by atoms with E-state index in [0.29, 0.717) is 60.8 Å². The van der Waals surface area contributed by atoms with Crippen LogP contribution in [0.2, 0.25) is 10.0 Å². The van der Waals surface area contributed by atoms with E-state index in [-0.39, 0.29) is 18.1 Å². The smallest absolute Gasteiger partial charge is 0.271 e. The summed E-state index contributed by atoms with van der Waals surface area (Å²) in [6.45, 7) is 7.03. The SMILES string of the molecule is CCN(CC)C(=O)C1=C(C)N=c2s/c(=C/c3cc(Cl)ccc3OCc3cccc(Cl)c3)c(=O)n2[C@H]1c1c(OC)ccc2ccccc12. The molecule has 0 N–H and O–H groups in total. The van der Waals surface area contributed by atoms with Gasteiger partial charge in [0, 0.05) is 34.3 Å². The number of aromatic nitrogens is 1. The van der Waals surface area contributed by atoms with Crippen LogP contribution in [0.1, 0.15) is 43.5 Å². The normalized spacial score (nSPS) is 14.6. The minimum absolute atomic E-state index is 0.169. The minimum atomic E-state index is -0.777. The number of hydrogen-bond donors (Lipinski definition) is 0. The summed E-state index contributed by atoms with van der Waals surface area (Å²) in [7, 11) is 1.60. The quantitative estimate of drug-likeness (QED) is 0.165. The van der Waals surface area contributed by atoms with E-state index >= 15 is 0 Å². The van der Waals surface area contributed by atoms with E-state index in [1.165, 1.54) is 11.3 Å². The Kier molecular flexibility index (Phi) is 9.55. The van der Waals surface area contributed by atoms with E-state index in [2.05, 4.69) is 0 Å². The zero-order valence-corrected chi connectivity index (χ0v) is 28.7. The number of rotatable bonds is 9. The maximum atomic E-state index is 14.5. The summed E-state index contributed by atoms with van der Waals surface area (Å²) in [5.41, 5.74) is 2.99. The summed E-state index contributed by atoms with van der Waals surface area (Å²) in [4.78, 5) is 35.8. The monoisotopic (exact) mass is 685 g/mol. The molecule has 0 unspecified atom stereocenters. The Morgan fingerprint density at radius 2 is 1.72 bits per heavy atom. The molecule has 1 aliphatic heterocycles. The zero-order chi connectivity index (χ0) is 33.2. The van der Waals surface area contributed by atoms with E-state index in [4.69, 9.17) is 37.7 Å². The zero-order valence-electron chi connectivity index (χ0n) is 26.4. The number of likely N-dealkylation sites (N-methyl/N-ethyl adjacent to an activating group) is 1. The Hall–Kier alpha value is -4.37. The molecule has 10 heteroatoms. The number of fused-ring (bicyclic) bond motifs is 2. The summed E-state index contributed by atoms with van der Waals surface area (Å²) < 4.78 is 14.1. The highest BCUT2D eigenvalue weighted by Gasteiger charge is 2.36. The molecule has 1 atom stereocenters. The van der Waals surface area contributed by atoms with Crippen LogP contribution in [0.3, 0.4) is 0 Å². The number of amides is 1. The summed E-state index contributed by atoms with van der Waals surface area (Å²) in [6, 6.07) is 23.7. The van der Waals surface area contributed by atoms with E-state index in [1.807, 2.05) is 81.4 Å². The van der Waals surface area contributed by atoms with Crippen LogP contribution < -0.4 is 24.4 Å². The van der Waals surface area contributed by atoms with Gasteiger partial charge >= 0.3 is 0 Å². The first-order valence-corrected chi connectivity index (χ1v) is 16.9. The second kappa shape index (κ2) is 13.8. The maximum Gasteiger partial charge on any atom is 0.271 e. The molecule has 0 saturated heterocycles. The molecule has 7 nitrogen and oxygen atoms in total. The van der Waals surface area contributed by atoms with Crippen molar-refractivity contribution in [2.75, 3.05) is 20.2 Å². The molecular weight excluding hydrogens is 653 g/mol. The fourth-order valence-electron chi connectivity index (χ4n) is 5.98. The lowest BCUT2D eigenvalue weighted by Crippen LogP contribution is -2.43. The van der Waals surface area contributed by atoms with Crippen LogP contribution in [-0.2, 0) is 11.4 Å². The van der Waals surface area contributed by atoms with Crippen LogP contribution in [0.4, 0.5) is 0 Å². The van der Waals surface area contributed by atoms with Crippen LogP contribution in [0, 0.1) is 0 Å². The molecule has 0 aliphatic carbocycles. The van der Waals surface area contributed by atoms with Gasteiger partial charge in [-0.05, 0) is 79.6 Å². The van der Waals surface area contributed by atoms with Gasteiger partial charge in [0.1, 0.15) is 24.1 Å². The number of carbonyl (C=O) groups excluding carboxylic acids is 1. The third-order valence-corrected chi connectivity index (χ3v) is 9.72. The Bertz CT molecular complexity index is 2220. The van der Waals surface area contributed by atoms with E-state index in [0.717, 1.165) is 21.9 Å². The molecule has 0 fully saturated rings. The predicted molar refractivity (Wildman–Crippen MR) is 189 cm³/mol. The van der Waals surface area contributed by atoms with Crippen LogP contribution >= 0.6 is 34.5 Å². The number of methoxy groups -OCH3 is 1. The number of carbonyl (C=O) groups is 1. The molecular formula is C37H33Cl2N3O4S. The van der Waals surface area contributed by atoms with Crippen LogP contribution in [0.5, 0.6) is 11.5 Å². The topological polar surface area (TPSA) is 73.1 Å². The maximum absolute atomic E-state index is 14.5. The lowest BCUT2D eigenvalue weighted by atomic mass is 9.90. The molecule has 1 amide bonds. The lowest BCUT2D eigenvalue weighted by Gasteiger charge is -2.30. The number of ether oxygens (including phenoxy) is 2. The molecule has 1 aliphatic rings. The van der Waals surface area contributed by atoms with Crippen molar-refractivity contribution in [2.45, 2.75) is 33.4 Å². The van der Waals surface area contributed by atoms with E-state index in [1.54, 1.807) is 40.9 Å². The van der Waals surface area contributed by atoms with Crippen LogP contribution in [0.15, 0.2) is 99.9 Å². The third kappa shape index (κ3) is 6.33. The Morgan fingerprint density at radius 1 is 0.979 bits per heavy atom. The van der Waals surface area contributed by atoms with Crippen molar-refractivity contribution in [3.63, 3.8) is 0 Å². The van der Waals surface area contributed by atoms with Crippen molar-refractivity contribution < 1.29 is 14.3 Å². The highest BCUT2D eigenvalue weighted by Crippen LogP contribution is 2.40. The molecule has 0 spiro atoms. The lowest BCUT2D eigenvalue weighted by molar-refractivity contribution is -0.127. The van der Waals surface area contributed by atoms with Crippen molar-refractivity contribution in [1.29, 1.82) is 0 Å². The number of benzene rings is 4. The fraction of sp³-hybridized carbons (Fsp3) is 0.216. The first kappa shape index (κ1) is 32.6. The molecule has 240 valence electrons. The fourth-order valence-corrected chi connectivity index (χ4v) is 7.41. The van der Waals surface area contributed by atoms with Gasteiger partial charge in [-0.2, -0.15) is 0 Å². The molecule has 5 aromatic rings. The molecule has 6 rings (SSSR count). The summed E-state index contributed by atoms with van der Waals surface area (Å²) in [5.74, 6) is 0.965. The van der Waals surface area contributed by atoms with Crippen molar-refractivity contribution in [2.24, 2.45) is 4.99 Å². The number of nitrogens with zero attached hydrogens (tertiary/aromatic N) is 3. The molecule has 47 heavy (non-hydrogen) atoms. The van der Waals surface area contributed by atoms with Crippen LogP contribution in [-0.4, -0.2) is 35.6 Å². The van der Waals surface area contributed by atoms with Gasteiger partial charge < -0.3 is 14.4 Å². The van der Waals surface area contributed by atoms with E-state index in [9.17, 15) is 9.59 Å².